The second kappa shape index (κ2) is 6.10. The van der Waals surface area contributed by atoms with Gasteiger partial charge in [-0.3, -0.25) is 9.59 Å². The maximum Gasteiger partial charge on any atom is 0.318 e. The molecule has 0 aliphatic carbocycles. The fourth-order valence-electron chi connectivity index (χ4n) is 2.02. The number of rotatable bonds is 8. The lowest BCUT2D eigenvalue weighted by molar-refractivity contribution is -0.161. The molecule has 2 N–H and O–H groups in total. The molecule has 0 saturated carbocycles. The lowest BCUT2D eigenvalue weighted by Gasteiger charge is -2.34. The summed E-state index contributed by atoms with van der Waals surface area (Å²) >= 11 is 0. The minimum atomic E-state index is -1.42. The van der Waals surface area contributed by atoms with Crippen molar-refractivity contribution < 1.29 is 19.8 Å². The van der Waals surface area contributed by atoms with Gasteiger partial charge in [-0.25, -0.2) is 0 Å². The van der Waals surface area contributed by atoms with Gasteiger partial charge in [-0.2, -0.15) is 0 Å². The molecule has 0 aliphatic heterocycles. The van der Waals surface area contributed by atoms with Crippen LogP contribution in [0.1, 0.15) is 26.2 Å². The second-order valence-corrected chi connectivity index (χ2v) is 3.81. The molecule has 0 atom stereocenters. The summed E-state index contributed by atoms with van der Waals surface area (Å²) in [6.45, 7) is 8.90. The summed E-state index contributed by atoms with van der Waals surface area (Å²) in [7, 11) is 0. The fraction of sp³-hybridized carbons (Fsp3) is 0.500. The quantitative estimate of drug-likeness (QED) is 0.492. The first-order valence-corrected chi connectivity index (χ1v) is 5.12. The Hall–Kier alpha value is -1.58. The van der Waals surface area contributed by atoms with Crippen LogP contribution in [0.3, 0.4) is 0 Å². The lowest BCUT2D eigenvalue weighted by Crippen LogP contribution is -2.40. The SMILES string of the molecule is C=CCC(CC)(CC=C)C(C(=O)O)C(=O)O. The molecule has 0 rings (SSSR count). The Morgan fingerprint density at radius 1 is 1.19 bits per heavy atom. The smallest absolute Gasteiger partial charge is 0.318 e. The highest BCUT2D eigenvalue weighted by Gasteiger charge is 2.45. The summed E-state index contributed by atoms with van der Waals surface area (Å²) in [6.07, 6.45) is 4.27. The number of hydrogen-bond donors (Lipinski definition) is 2. The van der Waals surface area contributed by atoms with Crippen molar-refractivity contribution in [2.45, 2.75) is 26.2 Å². The molecule has 4 nitrogen and oxygen atoms in total. The molecular weight excluding hydrogens is 208 g/mol. The minimum Gasteiger partial charge on any atom is -0.481 e. The van der Waals surface area contributed by atoms with Gasteiger partial charge in [-0.15, -0.1) is 13.2 Å². The molecule has 0 aliphatic rings. The lowest BCUT2D eigenvalue weighted by atomic mass is 9.68. The molecule has 0 fully saturated rings. The topological polar surface area (TPSA) is 74.6 Å². The van der Waals surface area contributed by atoms with Gasteiger partial charge in [0.05, 0.1) is 0 Å². The molecule has 0 amide bonds. The summed E-state index contributed by atoms with van der Waals surface area (Å²) in [5.74, 6) is -4.04. The monoisotopic (exact) mass is 226 g/mol. The second-order valence-electron chi connectivity index (χ2n) is 3.81. The summed E-state index contributed by atoms with van der Waals surface area (Å²) in [5.41, 5.74) is -0.832. The first-order chi connectivity index (χ1) is 7.45. The van der Waals surface area contributed by atoms with Crippen LogP contribution in [0.2, 0.25) is 0 Å². The van der Waals surface area contributed by atoms with Gasteiger partial charge in [0.25, 0.3) is 0 Å². The van der Waals surface area contributed by atoms with Crippen molar-refractivity contribution in [3.05, 3.63) is 25.3 Å². The van der Waals surface area contributed by atoms with Gasteiger partial charge in [-0.1, -0.05) is 19.1 Å². The first kappa shape index (κ1) is 14.4. The van der Waals surface area contributed by atoms with E-state index >= 15 is 0 Å². The third kappa shape index (κ3) is 2.95. The third-order valence-electron chi connectivity index (χ3n) is 2.91. The molecule has 4 heteroatoms. The predicted molar refractivity (Wildman–Crippen MR) is 61.1 cm³/mol. The normalized spacial score (nSPS) is 11.1. The average Bonchev–Trinajstić information content (AvgIpc) is 2.17. The largest absolute Gasteiger partial charge is 0.481 e. The molecule has 0 unspecified atom stereocenters. The highest BCUT2D eigenvalue weighted by molar-refractivity contribution is 5.94. The Labute approximate surface area is 95.3 Å². The van der Waals surface area contributed by atoms with Crippen molar-refractivity contribution in [2.75, 3.05) is 0 Å². The van der Waals surface area contributed by atoms with Gasteiger partial charge < -0.3 is 10.2 Å². The Kier molecular flexibility index (Phi) is 5.50. The summed E-state index contributed by atoms with van der Waals surface area (Å²) < 4.78 is 0. The maximum atomic E-state index is 11.0. The van der Waals surface area contributed by atoms with E-state index in [1.165, 1.54) is 0 Å². The molecule has 90 valence electrons. The van der Waals surface area contributed by atoms with Gasteiger partial charge in [0.15, 0.2) is 5.92 Å². The van der Waals surface area contributed by atoms with E-state index in [1.54, 1.807) is 19.1 Å². The Bertz CT molecular complexity index is 269. The Morgan fingerprint density at radius 3 is 1.75 bits per heavy atom. The summed E-state index contributed by atoms with van der Waals surface area (Å²) in [5, 5.41) is 18.0. The molecule has 0 radical (unpaired) electrons. The predicted octanol–water partition coefficient (Wildman–Crippen LogP) is 2.32. The zero-order chi connectivity index (χ0) is 12.8. The van der Waals surface area contributed by atoms with Crippen molar-refractivity contribution in [1.29, 1.82) is 0 Å². The number of aliphatic carboxylic acids is 2. The molecule has 0 bridgehead atoms. The van der Waals surface area contributed by atoms with E-state index in [0.29, 0.717) is 19.3 Å². The van der Waals surface area contributed by atoms with Gasteiger partial charge in [0.2, 0.25) is 0 Å². The van der Waals surface area contributed by atoms with Crippen molar-refractivity contribution in [2.24, 2.45) is 11.3 Å². The van der Waals surface area contributed by atoms with E-state index in [2.05, 4.69) is 13.2 Å². The van der Waals surface area contributed by atoms with Crippen molar-refractivity contribution in [1.82, 2.24) is 0 Å². The van der Waals surface area contributed by atoms with Gasteiger partial charge in [-0.05, 0) is 19.3 Å². The van der Waals surface area contributed by atoms with Gasteiger partial charge in [0, 0.05) is 5.41 Å². The third-order valence-corrected chi connectivity index (χ3v) is 2.91. The zero-order valence-corrected chi connectivity index (χ0v) is 9.48. The van der Waals surface area contributed by atoms with Crippen LogP contribution in [0.5, 0.6) is 0 Å². The first-order valence-electron chi connectivity index (χ1n) is 5.12. The van der Waals surface area contributed by atoms with Crippen LogP contribution in [0.4, 0.5) is 0 Å². The number of allylic oxidation sites excluding steroid dienone is 2. The van der Waals surface area contributed by atoms with E-state index in [9.17, 15) is 9.59 Å². The van der Waals surface area contributed by atoms with Crippen LogP contribution in [0.25, 0.3) is 0 Å². The van der Waals surface area contributed by atoms with Gasteiger partial charge >= 0.3 is 11.9 Å². The number of carboxylic acids is 2. The van der Waals surface area contributed by atoms with E-state index < -0.39 is 23.3 Å². The Balaban J connectivity index is 5.38. The Morgan fingerprint density at radius 2 is 1.56 bits per heavy atom. The summed E-state index contributed by atoms with van der Waals surface area (Å²) in [6, 6.07) is 0. The molecule has 0 saturated heterocycles. The standard InChI is InChI=1S/C12H18O4/c1-4-7-12(6-3,8-5-2)9(10(13)14)11(15)16/h4-5,9H,1-2,6-8H2,3H3,(H,13,14)(H,15,16). The molecule has 0 aromatic carbocycles. The minimum absolute atomic E-state index is 0.346. The van der Waals surface area contributed by atoms with Crippen LogP contribution in [0, 0.1) is 11.3 Å². The van der Waals surface area contributed by atoms with E-state index in [-0.39, 0.29) is 0 Å². The van der Waals surface area contributed by atoms with E-state index in [0.717, 1.165) is 0 Å². The van der Waals surface area contributed by atoms with Crippen molar-refractivity contribution in [3.8, 4) is 0 Å². The van der Waals surface area contributed by atoms with Crippen LogP contribution in [-0.2, 0) is 9.59 Å². The number of hydrogen-bond acceptors (Lipinski definition) is 2. The fourth-order valence-corrected chi connectivity index (χ4v) is 2.02. The van der Waals surface area contributed by atoms with E-state index in [1.807, 2.05) is 0 Å². The summed E-state index contributed by atoms with van der Waals surface area (Å²) in [4.78, 5) is 22.1. The number of carboxylic acid groups (broad SMARTS) is 2. The molecule has 0 heterocycles. The molecule has 16 heavy (non-hydrogen) atoms. The molecule has 0 spiro atoms. The van der Waals surface area contributed by atoms with Crippen molar-refractivity contribution in [3.63, 3.8) is 0 Å². The van der Waals surface area contributed by atoms with E-state index in [4.69, 9.17) is 10.2 Å². The molecular formula is C12H18O4. The highest BCUT2D eigenvalue weighted by Crippen LogP contribution is 2.40. The molecule has 0 aromatic heterocycles. The average molecular weight is 226 g/mol. The van der Waals surface area contributed by atoms with Crippen LogP contribution in [0.15, 0.2) is 25.3 Å². The van der Waals surface area contributed by atoms with Crippen molar-refractivity contribution >= 4 is 11.9 Å². The zero-order valence-electron chi connectivity index (χ0n) is 9.48. The van der Waals surface area contributed by atoms with Crippen LogP contribution in [-0.4, -0.2) is 22.2 Å². The maximum absolute atomic E-state index is 11.0. The van der Waals surface area contributed by atoms with Crippen LogP contribution < -0.4 is 0 Å². The van der Waals surface area contributed by atoms with Gasteiger partial charge in [0.1, 0.15) is 0 Å². The number of carbonyl (C=O) groups is 2. The molecule has 0 aromatic rings. The van der Waals surface area contributed by atoms with Crippen LogP contribution >= 0.6 is 0 Å². The highest BCUT2D eigenvalue weighted by atomic mass is 16.4.